The second-order valence-corrected chi connectivity index (χ2v) is 6.70. The van der Waals surface area contributed by atoms with Gasteiger partial charge >= 0.3 is 0 Å². The predicted molar refractivity (Wildman–Crippen MR) is 81.0 cm³/mol. The highest BCUT2D eigenvalue weighted by Crippen LogP contribution is 2.24. The summed E-state index contributed by atoms with van der Waals surface area (Å²) in [6.45, 7) is 0.741. The molecule has 1 saturated heterocycles. The lowest BCUT2D eigenvalue weighted by atomic mass is 10.1. The molecule has 0 aromatic heterocycles. The Hall–Kier alpha value is -0.680. The number of rotatable bonds is 3. The van der Waals surface area contributed by atoms with Crippen LogP contribution < -0.4 is 11.1 Å². The average molecular weight is 329 g/mol. The minimum atomic E-state index is -0.0552. The van der Waals surface area contributed by atoms with Gasteiger partial charge in [-0.05, 0) is 52.7 Å². The van der Waals surface area contributed by atoms with Gasteiger partial charge in [-0.3, -0.25) is 4.79 Å². The zero-order valence-corrected chi connectivity index (χ0v) is 12.5. The third kappa shape index (κ3) is 3.65. The Morgan fingerprint density at radius 2 is 2.33 bits per heavy atom. The van der Waals surface area contributed by atoms with Crippen LogP contribution in [0, 0.1) is 0 Å². The van der Waals surface area contributed by atoms with E-state index in [9.17, 15) is 4.79 Å². The molecular weight excluding hydrogens is 312 g/mol. The molecule has 98 valence electrons. The van der Waals surface area contributed by atoms with Gasteiger partial charge in [-0.15, -0.1) is 0 Å². The molecule has 1 aliphatic rings. The maximum absolute atomic E-state index is 12.1. The lowest BCUT2D eigenvalue weighted by Crippen LogP contribution is -2.32. The summed E-state index contributed by atoms with van der Waals surface area (Å²) in [4.78, 5) is 12.1. The summed E-state index contributed by atoms with van der Waals surface area (Å²) < 4.78 is 0.783. The van der Waals surface area contributed by atoms with Gasteiger partial charge in [0.2, 0.25) is 0 Å². The van der Waals surface area contributed by atoms with E-state index in [0.717, 1.165) is 11.0 Å². The minimum Gasteiger partial charge on any atom is -0.399 e. The number of nitrogens with one attached hydrogen (secondary N) is 1. The third-order valence-electron chi connectivity index (χ3n) is 3.00. The van der Waals surface area contributed by atoms with E-state index in [1.807, 2.05) is 11.8 Å². The summed E-state index contributed by atoms with van der Waals surface area (Å²) in [6, 6.07) is 5.28. The average Bonchev–Trinajstić information content (AvgIpc) is 2.40. The quantitative estimate of drug-likeness (QED) is 0.838. The molecular formula is C13H17BrN2OS. The summed E-state index contributed by atoms with van der Waals surface area (Å²) in [5.74, 6) is 1.16. The molecule has 0 bridgehead atoms. The van der Waals surface area contributed by atoms with Gasteiger partial charge in [0.05, 0.1) is 5.56 Å². The Morgan fingerprint density at radius 3 is 3.06 bits per heavy atom. The normalized spacial score (nSPS) is 19.5. The van der Waals surface area contributed by atoms with Crippen LogP contribution >= 0.6 is 27.7 Å². The fourth-order valence-electron chi connectivity index (χ4n) is 1.99. The van der Waals surface area contributed by atoms with E-state index in [0.29, 0.717) is 16.5 Å². The van der Waals surface area contributed by atoms with Crippen LogP contribution in [0.2, 0.25) is 0 Å². The topological polar surface area (TPSA) is 55.1 Å². The maximum atomic E-state index is 12.1. The van der Waals surface area contributed by atoms with Gasteiger partial charge in [0, 0.05) is 22.0 Å². The van der Waals surface area contributed by atoms with E-state index >= 15 is 0 Å². The number of anilines is 1. The summed E-state index contributed by atoms with van der Waals surface area (Å²) in [7, 11) is 0. The molecule has 1 aromatic rings. The lowest BCUT2D eigenvalue weighted by molar-refractivity contribution is 0.0952. The summed E-state index contributed by atoms with van der Waals surface area (Å²) in [6.07, 6.45) is 3.77. The van der Waals surface area contributed by atoms with Gasteiger partial charge in [0.25, 0.3) is 5.91 Å². The van der Waals surface area contributed by atoms with Crippen LogP contribution in [0.1, 0.15) is 29.6 Å². The van der Waals surface area contributed by atoms with Crippen LogP contribution in [-0.4, -0.2) is 23.5 Å². The number of benzene rings is 1. The van der Waals surface area contributed by atoms with Crippen molar-refractivity contribution in [3.8, 4) is 0 Å². The molecule has 0 aliphatic carbocycles. The standard InChI is InChI=1S/C13H17BrN2OS/c14-12-5-4-9(15)7-11(12)13(17)16-8-10-3-1-2-6-18-10/h4-5,7,10H,1-3,6,8,15H2,(H,16,17). The molecule has 1 aromatic carbocycles. The summed E-state index contributed by atoms with van der Waals surface area (Å²) >= 11 is 5.33. The molecule has 5 heteroatoms. The van der Waals surface area contributed by atoms with Crippen LogP contribution in [-0.2, 0) is 0 Å². The van der Waals surface area contributed by atoms with Crippen molar-refractivity contribution in [3.05, 3.63) is 28.2 Å². The second kappa shape index (κ2) is 6.48. The van der Waals surface area contributed by atoms with E-state index in [4.69, 9.17) is 5.73 Å². The highest BCUT2D eigenvalue weighted by molar-refractivity contribution is 9.10. The summed E-state index contributed by atoms with van der Waals surface area (Å²) in [5, 5.41) is 3.55. The van der Waals surface area contributed by atoms with Crippen molar-refractivity contribution < 1.29 is 4.79 Å². The number of halogens is 1. The monoisotopic (exact) mass is 328 g/mol. The first kappa shape index (κ1) is 13.7. The number of carbonyl (C=O) groups is 1. The predicted octanol–water partition coefficient (Wildman–Crippen LogP) is 3.05. The maximum Gasteiger partial charge on any atom is 0.252 e. The zero-order valence-electron chi connectivity index (χ0n) is 10.1. The minimum absolute atomic E-state index is 0.0552. The second-order valence-electron chi connectivity index (χ2n) is 4.44. The Morgan fingerprint density at radius 1 is 1.50 bits per heavy atom. The summed E-state index contributed by atoms with van der Waals surface area (Å²) in [5.41, 5.74) is 6.91. The van der Waals surface area contributed by atoms with Crippen molar-refractivity contribution in [1.29, 1.82) is 0 Å². The van der Waals surface area contributed by atoms with Gasteiger partial charge in [-0.25, -0.2) is 0 Å². The van der Waals surface area contributed by atoms with Crippen LogP contribution in [0.5, 0.6) is 0 Å². The van der Waals surface area contributed by atoms with Gasteiger partial charge in [-0.1, -0.05) is 6.42 Å². The third-order valence-corrected chi connectivity index (χ3v) is 5.09. The van der Waals surface area contributed by atoms with Crippen molar-refractivity contribution in [3.63, 3.8) is 0 Å². The number of hydrogen-bond acceptors (Lipinski definition) is 3. The molecule has 0 radical (unpaired) electrons. The fraction of sp³-hybridized carbons (Fsp3) is 0.462. The first-order valence-electron chi connectivity index (χ1n) is 6.11. The van der Waals surface area contributed by atoms with Crippen molar-refractivity contribution in [2.24, 2.45) is 0 Å². The Labute approximate surface area is 120 Å². The Bertz CT molecular complexity index is 433. The number of carbonyl (C=O) groups excluding carboxylic acids is 1. The molecule has 18 heavy (non-hydrogen) atoms. The smallest absolute Gasteiger partial charge is 0.252 e. The lowest BCUT2D eigenvalue weighted by Gasteiger charge is -2.21. The van der Waals surface area contributed by atoms with E-state index in [1.54, 1.807) is 18.2 Å². The molecule has 1 heterocycles. The highest BCUT2D eigenvalue weighted by Gasteiger charge is 2.16. The SMILES string of the molecule is Nc1ccc(Br)c(C(=O)NCC2CCCCS2)c1. The molecule has 0 saturated carbocycles. The molecule has 2 rings (SSSR count). The van der Waals surface area contributed by atoms with Crippen LogP contribution in [0.4, 0.5) is 5.69 Å². The van der Waals surface area contributed by atoms with Gasteiger partial charge in [-0.2, -0.15) is 11.8 Å². The number of nitrogens with two attached hydrogens (primary N) is 1. The van der Waals surface area contributed by atoms with Crippen molar-refractivity contribution in [2.45, 2.75) is 24.5 Å². The van der Waals surface area contributed by atoms with Crippen molar-refractivity contribution in [2.75, 3.05) is 18.0 Å². The Balaban J connectivity index is 1.92. The molecule has 1 fully saturated rings. The van der Waals surface area contributed by atoms with Crippen molar-refractivity contribution in [1.82, 2.24) is 5.32 Å². The van der Waals surface area contributed by atoms with E-state index in [1.165, 1.54) is 25.0 Å². The zero-order chi connectivity index (χ0) is 13.0. The van der Waals surface area contributed by atoms with Crippen LogP contribution in [0.25, 0.3) is 0 Å². The largest absolute Gasteiger partial charge is 0.399 e. The van der Waals surface area contributed by atoms with E-state index < -0.39 is 0 Å². The molecule has 3 N–H and O–H groups in total. The molecule has 1 unspecified atom stereocenters. The molecule has 3 nitrogen and oxygen atoms in total. The van der Waals surface area contributed by atoms with Crippen molar-refractivity contribution >= 4 is 39.3 Å². The van der Waals surface area contributed by atoms with Crippen LogP contribution in [0.3, 0.4) is 0 Å². The molecule has 0 spiro atoms. The number of thioether (sulfide) groups is 1. The van der Waals surface area contributed by atoms with Crippen LogP contribution in [0.15, 0.2) is 22.7 Å². The Kier molecular flexibility index (Phi) is 4.95. The first-order chi connectivity index (χ1) is 8.66. The van der Waals surface area contributed by atoms with E-state index in [2.05, 4.69) is 21.2 Å². The molecule has 1 atom stereocenters. The van der Waals surface area contributed by atoms with Gasteiger partial charge < -0.3 is 11.1 Å². The van der Waals surface area contributed by atoms with Gasteiger partial charge in [0.1, 0.15) is 0 Å². The molecule has 1 amide bonds. The fourth-order valence-corrected chi connectivity index (χ4v) is 3.65. The molecule has 1 aliphatic heterocycles. The highest BCUT2D eigenvalue weighted by atomic mass is 79.9. The number of amides is 1. The first-order valence-corrected chi connectivity index (χ1v) is 7.96. The van der Waals surface area contributed by atoms with Gasteiger partial charge in [0.15, 0.2) is 0 Å². The van der Waals surface area contributed by atoms with E-state index in [-0.39, 0.29) is 5.91 Å². The number of hydrogen-bond donors (Lipinski definition) is 2. The number of nitrogen functional groups attached to an aromatic ring is 1.